The highest BCUT2D eigenvalue weighted by Crippen LogP contribution is 2.26. The summed E-state index contributed by atoms with van der Waals surface area (Å²) >= 11 is 5.87. The Morgan fingerprint density at radius 2 is 1.10 bits per heavy atom. The van der Waals surface area contributed by atoms with Crippen LogP contribution in [-0.4, -0.2) is 5.11 Å². The van der Waals surface area contributed by atoms with Crippen molar-refractivity contribution in [2.45, 2.75) is 6.10 Å². The molecule has 0 saturated carbocycles. The summed E-state index contributed by atoms with van der Waals surface area (Å²) in [6.07, 6.45) is -0.632. The maximum absolute atomic E-state index is 10.4. The molecule has 2 heteroatoms. The lowest BCUT2D eigenvalue weighted by Gasteiger charge is -2.12. The van der Waals surface area contributed by atoms with Gasteiger partial charge in [0.15, 0.2) is 0 Å². The van der Waals surface area contributed by atoms with Gasteiger partial charge in [-0.1, -0.05) is 78.3 Å². The van der Waals surface area contributed by atoms with Crippen LogP contribution in [0, 0.1) is 0 Å². The average Bonchev–Trinajstić information content (AvgIpc) is 2.56. The van der Waals surface area contributed by atoms with Crippen LogP contribution >= 0.6 is 11.6 Å². The fraction of sp³-hybridized carbons (Fsp3) is 0.0526. The summed E-state index contributed by atoms with van der Waals surface area (Å²) in [6, 6.07) is 25.4. The predicted octanol–water partition coefficient (Wildman–Crippen LogP) is 5.09. The molecule has 0 aliphatic heterocycles. The van der Waals surface area contributed by atoms with E-state index in [4.69, 9.17) is 11.6 Å². The normalized spacial score (nSPS) is 12.1. The van der Waals surface area contributed by atoms with Crippen molar-refractivity contribution in [2.24, 2.45) is 0 Å². The Balaban J connectivity index is 1.85. The van der Waals surface area contributed by atoms with Crippen molar-refractivity contribution in [3.05, 3.63) is 95.0 Å². The van der Waals surface area contributed by atoms with Crippen molar-refractivity contribution in [1.82, 2.24) is 0 Å². The molecule has 21 heavy (non-hydrogen) atoms. The monoisotopic (exact) mass is 294 g/mol. The highest BCUT2D eigenvalue weighted by Gasteiger charge is 2.10. The lowest BCUT2D eigenvalue weighted by molar-refractivity contribution is 0.220. The molecule has 0 saturated heterocycles. The van der Waals surface area contributed by atoms with E-state index < -0.39 is 6.10 Å². The van der Waals surface area contributed by atoms with Crippen LogP contribution in [0.2, 0.25) is 5.02 Å². The summed E-state index contributed by atoms with van der Waals surface area (Å²) in [5, 5.41) is 11.1. The second-order valence-electron chi connectivity index (χ2n) is 4.94. The Morgan fingerprint density at radius 3 is 1.67 bits per heavy atom. The van der Waals surface area contributed by atoms with Crippen LogP contribution < -0.4 is 0 Å². The minimum atomic E-state index is -0.632. The molecule has 0 fully saturated rings. The van der Waals surface area contributed by atoms with Crippen molar-refractivity contribution >= 4 is 11.6 Å². The molecule has 0 aliphatic carbocycles. The van der Waals surface area contributed by atoms with Gasteiger partial charge in [-0.15, -0.1) is 0 Å². The third-order valence-corrected chi connectivity index (χ3v) is 3.77. The number of aliphatic hydroxyl groups is 1. The lowest BCUT2D eigenvalue weighted by Crippen LogP contribution is -1.99. The van der Waals surface area contributed by atoms with Gasteiger partial charge in [-0.25, -0.2) is 0 Å². The molecule has 0 aromatic heterocycles. The van der Waals surface area contributed by atoms with Gasteiger partial charge in [-0.05, 0) is 34.4 Å². The highest BCUT2D eigenvalue weighted by atomic mass is 35.5. The summed E-state index contributed by atoms with van der Waals surface area (Å²) in [6.45, 7) is 0. The van der Waals surface area contributed by atoms with E-state index in [0.717, 1.165) is 16.7 Å². The van der Waals surface area contributed by atoms with Crippen LogP contribution in [0.1, 0.15) is 17.2 Å². The van der Waals surface area contributed by atoms with E-state index in [9.17, 15) is 5.11 Å². The fourth-order valence-electron chi connectivity index (χ4n) is 2.33. The molecule has 1 N–H and O–H groups in total. The fourth-order valence-corrected chi connectivity index (χ4v) is 2.45. The predicted molar refractivity (Wildman–Crippen MR) is 87.4 cm³/mol. The summed E-state index contributed by atoms with van der Waals surface area (Å²) in [4.78, 5) is 0. The van der Waals surface area contributed by atoms with Crippen LogP contribution in [0.4, 0.5) is 0 Å². The van der Waals surface area contributed by atoms with E-state index in [-0.39, 0.29) is 0 Å². The standard InChI is InChI=1S/C19H15ClO/c20-18-12-10-17(11-13-18)19(21)16-8-6-15(7-9-16)14-4-2-1-3-5-14/h1-13,19,21H/t19-/m0/s1. The number of benzene rings is 3. The number of hydrogen-bond donors (Lipinski definition) is 1. The van der Waals surface area contributed by atoms with Crippen LogP contribution in [-0.2, 0) is 0 Å². The van der Waals surface area contributed by atoms with E-state index in [1.165, 1.54) is 5.56 Å². The Morgan fingerprint density at radius 1 is 0.619 bits per heavy atom. The minimum Gasteiger partial charge on any atom is -0.384 e. The molecule has 1 nitrogen and oxygen atoms in total. The molecule has 3 rings (SSSR count). The quantitative estimate of drug-likeness (QED) is 0.713. The smallest absolute Gasteiger partial charge is 0.104 e. The number of aliphatic hydroxyl groups excluding tert-OH is 1. The molecule has 0 unspecified atom stereocenters. The molecule has 3 aromatic rings. The number of halogens is 1. The zero-order chi connectivity index (χ0) is 14.7. The average molecular weight is 295 g/mol. The molecule has 0 aliphatic rings. The Bertz CT molecular complexity index is 703. The molecule has 3 aromatic carbocycles. The van der Waals surface area contributed by atoms with E-state index in [0.29, 0.717) is 5.02 Å². The van der Waals surface area contributed by atoms with Crippen molar-refractivity contribution in [3.63, 3.8) is 0 Å². The van der Waals surface area contributed by atoms with Crippen molar-refractivity contribution in [3.8, 4) is 11.1 Å². The lowest BCUT2D eigenvalue weighted by atomic mass is 9.98. The molecule has 104 valence electrons. The van der Waals surface area contributed by atoms with Gasteiger partial charge < -0.3 is 5.11 Å². The van der Waals surface area contributed by atoms with Gasteiger partial charge in [-0.2, -0.15) is 0 Å². The molecule has 0 bridgehead atoms. The Hall–Kier alpha value is -2.09. The van der Waals surface area contributed by atoms with Gasteiger partial charge in [0.25, 0.3) is 0 Å². The Labute approximate surface area is 129 Å². The van der Waals surface area contributed by atoms with Gasteiger partial charge >= 0.3 is 0 Å². The first-order valence-corrected chi connectivity index (χ1v) is 7.21. The van der Waals surface area contributed by atoms with E-state index in [2.05, 4.69) is 12.1 Å². The summed E-state index contributed by atoms with van der Waals surface area (Å²) in [5.41, 5.74) is 4.02. The highest BCUT2D eigenvalue weighted by molar-refractivity contribution is 6.30. The molecule has 0 heterocycles. The second-order valence-corrected chi connectivity index (χ2v) is 5.38. The molecule has 0 spiro atoms. The summed E-state index contributed by atoms with van der Waals surface area (Å²) in [7, 11) is 0. The van der Waals surface area contributed by atoms with Crippen LogP contribution in [0.25, 0.3) is 11.1 Å². The minimum absolute atomic E-state index is 0.632. The van der Waals surface area contributed by atoms with Gasteiger partial charge in [0.05, 0.1) is 0 Å². The molecule has 1 atom stereocenters. The third kappa shape index (κ3) is 3.15. The number of rotatable bonds is 3. The third-order valence-electron chi connectivity index (χ3n) is 3.52. The van der Waals surface area contributed by atoms with Crippen LogP contribution in [0.3, 0.4) is 0 Å². The first-order valence-electron chi connectivity index (χ1n) is 6.83. The number of hydrogen-bond acceptors (Lipinski definition) is 1. The molecular weight excluding hydrogens is 280 g/mol. The van der Waals surface area contributed by atoms with E-state index in [1.807, 2.05) is 54.6 Å². The maximum atomic E-state index is 10.4. The van der Waals surface area contributed by atoms with Crippen molar-refractivity contribution < 1.29 is 5.11 Å². The SMILES string of the molecule is O[C@H](c1ccc(Cl)cc1)c1ccc(-c2ccccc2)cc1. The van der Waals surface area contributed by atoms with Crippen molar-refractivity contribution in [2.75, 3.05) is 0 Å². The first-order chi connectivity index (χ1) is 10.2. The molecule has 0 amide bonds. The van der Waals surface area contributed by atoms with Crippen LogP contribution in [0.5, 0.6) is 0 Å². The Kier molecular flexibility index (Phi) is 4.05. The van der Waals surface area contributed by atoms with Gasteiger partial charge in [0, 0.05) is 5.02 Å². The largest absolute Gasteiger partial charge is 0.384 e. The molecule has 0 radical (unpaired) electrons. The van der Waals surface area contributed by atoms with Gasteiger partial charge in [-0.3, -0.25) is 0 Å². The van der Waals surface area contributed by atoms with Gasteiger partial charge in [0.1, 0.15) is 6.10 Å². The molecular formula is C19H15ClO. The zero-order valence-corrected chi connectivity index (χ0v) is 12.2. The van der Waals surface area contributed by atoms with Gasteiger partial charge in [0.2, 0.25) is 0 Å². The summed E-state index contributed by atoms with van der Waals surface area (Å²) in [5.74, 6) is 0. The first kappa shape index (κ1) is 13.9. The van der Waals surface area contributed by atoms with Crippen LogP contribution in [0.15, 0.2) is 78.9 Å². The zero-order valence-electron chi connectivity index (χ0n) is 11.4. The maximum Gasteiger partial charge on any atom is 0.104 e. The summed E-state index contributed by atoms with van der Waals surface area (Å²) < 4.78 is 0. The topological polar surface area (TPSA) is 20.2 Å². The van der Waals surface area contributed by atoms with E-state index >= 15 is 0 Å². The van der Waals surface area contributed by atoms with E-state index in [1.54, 1.807) is 12.1 Å². The second kappa shape index (κ2) is 6.13. The van der Waals surface area contributed by atoms with Crippen molar-refractivity contribution in [1.29, 1.82) is 0 Å².